The highest BCUT2D eigenvalue weighted by Crippen LogP contribution is 2.24. The van der Waals surface area contributed by atoms with Crippen LogP contribution in [0.2, 0.25) is 0 Å². The van der Waals surface area contributed by atoms with Crippen LogP contribution in [0.3, 0.4) is 0 Å². The molecular weight excluding hydrogens is 262 g/mol. The highest BCUT2D eigenvalue weighted by Gasteiger charge is 2.25. The minimum Gasteiger partial charge on any atom is -0.383 e. The number of rotatable bonds is 3. The molecule has 0 radical (unpaired) electrons. The number of piperidine rings is 1. The number of amides is 1. The van der Waals surface area contributed by atoms with Crippen LogP contribution < -0.4 is 16.0 Å². The van der Waals surface area contributed by atoms with Gasteiger partial charge in [-0.15, -0.1) is 0 Å². The maximum Gasteiger partial charge on any atom is 0.222 e. The van der Waals surface area contributed by atoms with Crippen molar-refractivity contribution in [2.45, 2.75) is 18.0 Å². The first kappa shape index (κ1) is 13.9. The van der Waals surface area contributed by atoms with Crippen LogP contribution in [-0.2, 0) is 4.79 Å². The van der Waals surface area contributed by atoms with E-state index in [4.69, 9.17) is 5.73 Å². The van der Waals surface area contributed by atoms with E-state index in [0.29, 0.717) is 11.0 Å². The lowest BCUT2D eigenvalue weighted by molar-refractivity contribution is -0.125. The lowest BCUT2D eigenvalue weighted by Crippen LogP contribution is -2.40. The third kappa shape index (κ3) is 3.28. The summed E-state index contributed by atoms with van der Waals surface area (Å²) >= 11 is 1.48. The van der Waals surface area contributed by atoms with Crippen LogP contribution in [0.5, 0.6) is 0 Å². The van der Waals surface area contributed by atoms with Crippen molar-refractivity contribution in [3.63, 3.8) is 0 Å². The summed E-state index contributed by atoms with van der Waals surface area (Å²) < 4.78 is 0. The van der Waals surface area contributed by atoms with Crippen LogP contribution in [0.25, 0.3) is 0 Å². The van der Waals surface area contributed by atoms with Gasteiger partial charge in [-0.3, -0.25) is 4.79 Å². The molecule has 1 aliphatic rings. The van der Waals surface area contributed by atoms with Crippen molar-refractivity contribution in [1.29, 1.82) is 0 Å². The van der Waals surface area contributed by atoms with E-state index in [-0.39, 0.29) is 11.8 Å². The molecule has 0 atom stereocenters. The van der Waals surface area contributed by atoms with Crippen molar-refractivity contribution in [3.05, 3.63) is 6.07 Å². The van der Waals surface area contributed by atoms with Crippen LogP contribution in [0.15, 0.2) is 11.2 Å². The van der Waals surface area contributed by atoms with Crippen molar-refractivity contribution in [2.24, 2.45) is 5.92 Å². The van der Waals surface area contributed by atoms with E-state index in [1.807, 2.05) is 6.26 Å². The summed E-state index contributed by atoms with van der Waals surface area (Å²) in [5.41, 5.74) is 5.78. The number of nitrogens with one attached hydrogen (secondary N) is 1. The fourth-order valence-corrected chi connectivity index (χ4v) is 2.64. The molecule has 19 heavy (non-hydrogen) atoms. The average Bonchev–Trinajstić information content (AvgIpc) is 2.46. The minimum absolute atomic E-state index is 0.112. The fraction of sp³-hybridized carbons (Fsp3) is 0.583. The van der Waals surface area contributed by atoms with Crippen LogP contribution in [0.4, 0.5) is 11.6 Å². The molecule has 1 amide bonds. The molecule has 0 spiro atoms. The van der Waals surface area contributed by atoms with Crippen molar-refractivity contribution < 1.29 is 4.79 Å². The number of hydrogen-bond acceptors (Lipinski definition) is 6. The molecule has 1 aromatic heterocycles. The highest BCUT2D eigenvalue weighted by atomic mass is 32.2. The molecule has 0 aromatic carbocycles. The molecule has 7 heteroatoms. The van der Waals surface area contributed by atoms with E-state index in [1.165, 1.54) is 11.8 Å². The first-order chi connectivity index (χ1) is 9.13. The Morgan fingerprint density at radius 2 is 2.16 bits per heavy atom. The molecule has 0 unspecified atom stereocenters. The second kappa shape index (κ2) is 6.10. The SMILES string of the molecule is CNC(=O)C1CCN(c2cc(N)nc(SC)n2)CC1. The number of thioether (sulfide) groups is 1. The summed E-state index contributed by atoms with van der Waals surface area (Å²) in [5, 5.41) is 3.39. The first-order valence-electron chi connectivity index (χ1n) is 6.29. The third-order valence-electron chi connectivity index (χ3n) is 3.33. The van der Waals surface area contributed by atoms with Crippen molar-refractivity contribution in [1.82, 2.24) is 15.3 Å². The first-order valence-corrected chi connectivity index (χ1v) is 7.51. The minimum atomic E-state index is 0.112. The maximum atomic E-state index is 11.6. The smallest absolute Gasteiger partial charge is 0.222 e. The Kier molecular flexibility index (Phi) is 4.47. The molecule has 1 fully saturated rings. The van der Waals surface area contributed by atoms with Crippen LogP contribution in [-0.4, -0.2) is 42.3 Å². The average molecular weight is 281 g/mol. The van der Waals surface area contributed by atoms with E-state index < -0.39 is 0 Å². The molecule has 0 saturated carbocycles. The van der Waals surface area contributed by atoms with Gasteiger partial charge in [-0.1, -0.05) is 11.8 Å². The molecule has 1 saturated heterocycles. The number of nitrogen functional groups attached to an aromatic ring is 1. The highest BCUT2D eigenvalue weighted by molar-refractivity contribution is 7.98. The Morgan fingerprint density at radius 1 is 1.47 bits per heavy atom. The third-order valence-corrected chi connectivity index (χ3v) is 3.88. The molecule has 3 N–H and O–H groups in total. The van der Waals surface area contributed by atoms with Gasteiger partial charge in [-0.2, -0.15) is 0 Å². The molecule has 1 aromatic rings. The molecular formula is C12H19N5OS. The topological polar surface area (TPSA) is 84.1 Å². The van der Waals surface area contributed by atoms with Crippen LogP contribution in [0.1, 0.15) is 12.8 Å². The predicted molar refractivity (Wildman–Crippen MR) is 77.2 cm³/mol. The van der Waals surface area contributed by atoms with Crippen LogP contribution >= 0.6 is 11.8 Å². The number of carbonyl (C=O) groups is 1. The van der Waals surface area contributed by atoms with Gasteiger partial charge in [0, 0.05) is 32.1 Å². The van der Waals surface area contributed by atoms with Gasteiger partial charge in [0.15, 0.2) is 5.16 Å². The molecule has 0 aliphatic carbocycles. The van der Waals surface area contributed by atoms with Gasteiger partial charge in [0.05, 0.1) is 0 Å². The summed E-state index contributed by atoms with van der Waals surface area (Å²) in [4.78, 5) is 22.4. The Morgan fingerprint density at radius 3 is 2.74 bits per heavy atom. The molecule has 2 heterocycles. The number of anilines is 2. The summed E-state index contributed by atoms with van der Waals surface area (Å²) in [6.07, 6.45) is 3.62. The Bertz CT molecular complexity index is 459. The summed E-state index contributed by atoms with van der Waals surface area (Å²) in [6.45, 7) is 1.64. The normalized spacial score (nSPS) is 16.4. The van der Waals surface area contributed by atoms with Gasteiger partial charge < -0.3 is 16.0 Å². The fourth-order valence-electron chi connectivity index (χ4n) is 2.26. The van der Waals surface area contributed by atoms with Crippen molar-refractivity contribution in [3.8, 4) is 0 Å². The zero-order valence-corrected chi connectivity index (χ0v) is 12.0. The largest absolute Gasteiger partial charge is 0.383 e. The number of aromatic nitrogens is 2. The Labute approximate surface area is 117 Å². The van der Waals surface area contributed by atoms with Gasteiger partial charge in [-0.05, 0) is 19.1 Å². The lowest BCUT2D eigenvalue weighted by Gasteiger charge is -2.32. The molecule has 2 rings (SSSR count). The molecule has 1 aliphatic heterocycles. The molecule has 6 nitrogen and oxygen atoms in total. The molecule has 104 valence electrons. The number of nitrogens with two attached hydrogens (primary N) is 1. The van der Waals surface area contributed by atoms with Gasteiger partial charge >= 0.3 is 0 Å². The van der Waals surface area contributed by atoms with E-state index >= 15 is 0 Å². The second-order valence-corrected chi connectivity index (χ2v) is 5.29. The van der Waals surface area contributed by atoms with E-state index in [1.54, 1.807) is 13.1 Å². The number of nitrogens with zero attached hydrogens (tertiary/aromatic N) is 3. The monoisotopic (exact) mass is 281 g/mol. The summed E-state index contributed by atoms with van der Waals surface area (Å²) in [7, 11) is 1.69. The van der Waals surface area contributed by atoms with Gasteiger partial charge in [-0.25, -0.2) is 9.97 Å². The van der Waals surface area contributed by atoms with Gasteiger partial charge in [0.2, 0.25) is 5.91 Å². The predicted octanol–water partition coefficient (Wildman–Crippen LogP) is 0.743. The van der Waals surface area contributed by atoms with Gasteiger partial charge in [0.1, 0.15) is 11.6 Å². The van der Waals surface area contributed by atoms with E-state index in [9.17, 15) is 4.79 Å². The number of hydrogen-bond donors (Lipinski definition) is 2. The van der Waals surface area contributed by atoms with Crippen molar-refractivity contribution in [2.75, 3.05) is 37.0 Å². The van der Waals surface area contributed by atoms with Crippen molar-refractivity contribution >= 4 is 29.3 Å². The Hall–Kier alpha value is -1.50. The summed E-state index contributed by atoms with van der Waals surface area (Å²) in [5.74, 6) is 1.59. The summed E-state index contributed by atoms with van der Waals surface area (Å²) in [6, 6.07) is 1.79. The number of carbonyl (C=O) groups excluding carboxylic acids is 1. The second-order valence-electron chi connectivity index (χ2n) is 4.51. The van der Waals surface area contributed by atoms with E-state index in [2.05, 4.69) is 20.2 Å². The maximum absolute atomic E-state index is 11.6. The van der Waals surface area contributed by atoms with Gasteiger partial charge in [0.25, 0.3) is 0 Å². The molecule has 0 bridgehead atoms. The zero-order chi connectivity index (χ0) is 13.8. The lowest BCUT2D eigenvalue weighted by atomic mass is 9.96. The van der Waals surface area contributed by atoms with Crippen LogP contribution in [0, 0.1) is 5.92 Å². The quantitative estimate of drug-likeness (QED) is 0.628. The Balaban J connectivity index is 2.05. The van der Waals surface area contributed by atoms with E-state index in [0.717, 1.165) is 31.7 Å². The zero-order valence-electron chi connectivity index (χ0n) is 11.2. The standard InChI is InChI=1S/C12H19N5OS/c1-14-11(18)8-3-5-17(6-4-8)10-7-9(13)15-12(16-10)19-2/h7-8H,3-6H2,1-2H3,(H,14,18)(H2,13,15,16).